The molecule has 1 nitrogen and oxygen atoms in total. The summed E-state index contributed by atoms with van der Waals surface area (Å²) >= 11 is 0. The largest absolute Gasteiger partial charge is 0.294 e. The number of carbonyl (C=O) groups is 1. The number of benzene rings is 2. The first kappa shape index (κ1) is 12.4. The quantitative estimate of drug-likeness (QED) is 0.728. The molecule has 0 aromatic heterocycles. The Balaban J connectivity index is 2.58. The highest BCUT2D eigenvalue weighted by atomic mass is 19.1. The maximum atomic E-state index is 13.8. The van der Waals surface area contributed by atoms with Crippen molar-refractivity contribution in [3.05, 3.63) is 59.2 Å². The van der Waals surface area contributed by atoms with E-state index in [1.54, 1.807) is 19.1 Å². The van der Waals surface area contributed by atoms with Crippen LogP contribution in [0.5, 0.6) is 0 Å². The maximum Gasteiger partial charge on any atom is 0.162 e. The minimum atomic E-state index is -0.584. The molecule has 2 aromatic rings. The molecule has 0 aliphatic carbocycles. The molecule has 0 unspecified atom stereocenters. The molecule has 18 heavy (non-hydrogen) atoms. The van der Waals surface area contributed by atoms with Crippen molar-refractivity contribution in [2.45, 2.75) is 13.8 Å². The Hall–Kier alpha value is -2.03. The molecule has 0 saturated carbocycles. The van der Waals surface area contributed by atoms with Crippen molar-refractivity contribution in [2.75, 3.05) is 0 Å². The molecule has 92 valence electrons. The fourth-order valence-corrected chi connectivity index (χ4v) is 1.82. The second kappa shape index (κ2) is 4.69. The topological polar surface area (TPSA) is 17.1 Å². The van der Waals surface area contributed by atoms with Crippen molar-refractivity contribution in [3.63, 3.8) is 0 Å². The van der Waals surface area contributed by atoms with Crippen molar-refractivity contribution in [2.24, 2.45) is 0 Å². The van der Waals surface area contributed by atoms with Crippen LogP contribution in [-0.2, 0) is 0 Å². The van der Waals surface area contributed by atoms with E-state index >= 15 is 0 Å². The minimum absolute atomic E-state index is 0.0209. The first-order chi connectivity index (χ1) is 8.49. The lowest BCUT2D eigenvalue weighted by Crippen LogP contribution is -1.98. The molecule has 2 aromatic carbocycles. The van der Waals surface area contributed by atoms with E-state index in [4.69, 9.17) is 0 Å². The minimum Gasteiger partial charge on any atom is -0.294 e. The van der Waals surface area contributed by atoms with E-state index in [9.17, 15) is 13.6 Å². The van der Waals surface area contributed by atoms with Gasteiger partial charge in [-0.05, 0) is 43.2 Å². The van der Waals surface area contributed by atoms with E-state index in [0.717, 1.165) is 5.56 Å². The number of hydrogen-bond donors (Lipinski definition) is 0. The van der Waals surface area contributed by atoms with Gasteiger partial charge < -0.3 is 0 Å². The molecule has 3 heteroatoms. The summed E-state index contributed by atoms with van der Waals surface area (Å²) in [6.45, 7) is 3.08. The third kappa shape index (κ3) is 2.30. The standard InChI is InChI=1S/C15H12F2O/c1-9-3-5-12(15(17)7-9)11-4-6-14(16)13(8-11)10(2)18/h3-8H,1-2H3. The van der Waals surface area contributed by atoms with Crippen LogP contribution in [0, 0.1) is 18.6 Å². The Morgan fingerprint density at radius 1 is 1.00 bits per heavy atom. The van der Waals surface area contributed by atoms with Crippen molar-refractivity contribution in [1.29, 1.82) is 0 Å². The van der Waals surface area contributed by atoms with E-state index in [-0.39, 0.29) is 17.2 Å². The van der Waals surface area contributed by atoms with Gasteiger partial charge in [0.2, 0.25) is 0 Å². The molecule has 0 aliphatic rings. The molecule has 0 heterocycles. The van der Waals surface area contributed by atoms with Gasteiger partial charge in [-0.2, -0.15) is 0 Å². The Morgan fingerprint density at radius 3 is 2.33 bits per heavy atom. The van der Waals surface area contributed by atoms with Crippen LogP contribution in [0.1, 0.15) is 22.8 Å². The Kier molecular flexibility index (Phi) is 3.24. The third-order valence-corrected chi connectivity index (χ3v) is 2.78. The highest BCUT2D eigenvalue weighted by Crippen LogP contribution is 2.25. The van der Waals surface area contributed by atoms with E-state index in [2.05, 4.69) is 0 Å². The number of hydrogen-bond acceptors (Lipinski definition) is 1. The van der Waals surface area contributed by atoms with Gasteiger partial charge >= 0.3 is 0 Å². The van der Waals surface area contributed by atoms with E-state index in [0.29, 0.717) is 11.1 Å². The van der Waals surface area contributed by atoms with Crippen LogP contribution in [0.2, 0.25) is 0 Å². The monoisotopic (exact) mass is 246 g/mol. The zero-order valence-corrected chi connectivity index (χ0v) is 10.1. The number of halogens is 2. The predicted molar refractivity (Wildman–Crippen MR) is 66.5 cm³/mol. The lowest BCUT2D eigenvalue weighted by Gasteiger charge is -2.07. The Morgan fingerprint density at radius 2 is 1.72 bits per heavy atom. The predicted octanol–water partition coefficient (Wildman–Crippen LogP) is 4.14. The summed E-state index contributed by atoms with van der Waals surface area (Å²) in [5, 5.41) is 0. The molecule has 0 fully saturated rings. The lowest BCUT2D eigenvalue weighted by atomic mass is 10.00. The molecule has 0 spiro atoms. The number of Topliss-reactive ketones (excluding diaryl/α,β-unsaturated/α-hetero) is 1. The van der Waals surface area contributed by atoms with Crippen LogP contribution < -0.4 is 0 Å². The normalized spacial score (nSPS) is 10.4. The van der Waals surface area contributed by atoms with E-state index in [1.165, 1.54) is 31.2 Å². The summed E-state index contributed by atoms with van der Waals surface area (Å²) in [7, 11) is 0. The van der Waals surface area contributed by atoms with Gasteiger partial charge in [0, 0.05) is 5.56 Å². The number of rotatable bonds is 2. The smallest absolute Gasteiger partial charge is 0.162 e. The van der Waals surface area contributed by atoms with Gasteiger partial charge in [-0.25, -0.2) is 8.78 Å². The molecular weight excluding hydrogens is 234 g/mol. The molecule has 0 atom stereocenters. The average molecular weight is 246 g/mol. The number of ketones is 1. The first-order valence-electron chi connectivity index (χ1n) is 5.56. The summed E-state index contributed by atoms with van der Waals surface area (Å²) in [5.74, 6) is -1.34. The maximum absolute atomic E-state index is 13.8. The first-order valence-corrected chi connectivity index (χ1v) is 5.56. The molecule has 0 radical (unpaired) electrons. The molecular formula is C15H12F2O. The Labute approximate surface area is 104 Å². The third-order valence-electron chi connectivity index (χ3n) is 2.78. The zero-order valence-electron chi connectivity index (χ0n) is 10.1. The van der Waals surface area contributed by atoms with Gasteiger partial charge in [0.05, 0.1) is 5.56 Å². The highest BCUT2D eigenvalue weighted by Gasteiger charge is 2.11. The SMILES string of the molecule is CC(=O)c1cc(-c2ccc(C)cc2F)ccc1F. The van der Waals surface area contributed by atoms with Crippen LogP contribution in [-0.4, -0.2) is 5.78 Å². The highest BCUT2D eigenvalue weighted by molar-refractivity contribution is 5.95. The van der Waals surface area contributed by atoms with Crippen molar-refractivity contribution >= 4 is 5.78 Å². The lowest BCUT2D eigenvalue weighted by molar-refractivity contribution is 0.101. The van der Waals surface area contributed by atoms with E-state index < -0.39 is 5.82 Å². The van der Waals surface area contributed by atoms with Crippen LogP contribution in [0.15, 0.2) is 36.4 Å². The summed E-state index contributed by atoms with van der Waals surface area (Å²) < 4.78 is 27.2. The molecule has 0 N–H and O–H groups in total. The zero-order chi connectivity index (χ0) is 13.3. The van der Waals surface area contributed by atoms with Gasteiger partial charge in [-0.15, -0.1) is 0 Å². The summed E-state index contributed by atoms with van der Waals surface area (Å²) in [6, 6.07) is 8.84. The second-order valence-corrected chi connectivity index (χ2v) is 4.23. The van der Waals surface area contributed by atoms with Gasteiger partial charge in [0.25, 0.3) is 0 Å². The summed E-state index contributed by atoms with van der Waals surface area (Å²) in [4.78, 5) is 11.3. The van der Waals surface area contributed by atoms with Crippen LogP contribution >= 0.6 is 0 Å². The van der Waals surface area contributed by atoms with E-state index in [1.807, 2.05) is 0 Å². The molecule has 0 aliphatic heterocycles. The van der Waals surface area contributed by atoms with Crippen LogP contribution in [0.25, 0.3) is 11.1 Å². The number of carbonyl (C=O) groups excluding carboxylic acids is 1. The molecule has 2 rings (SSSR count). The Bertz CT molecular complexity index is 618. The fraction of sp³-hybridized carbons (Fsp3) is 0.133. The van der Waals surface area contributed by atoms with Crippen molar-refractivity contribution < 1.29 is 13.6 Å². The molecule has 0 bridgehead atoms. The molecule has 0 amide bonds. The fourth-order valence-electron chi connectivity index (χ4n) is 1.82. The van der Waals surface area contributed by atoms with Crippen LogP contribution in [0.4, 0.5) is 8.78 Å². The summed E-state index contributed by atoms with van der Waals surface area (Å²) in [5.41, 5.74) is 1.65. The van der Waals surface area contributed by atoms with Gasteiger partial charge in [0.1, 0.15) is 11.6 Å². The second-order valence-electron chi connectivity index (χ2n) is 4.23. The summed E-state index contributed by atoms with van der Waals surface area (Å²) in [6.07, 6.45) is 0. The average Bonchev–Trinajstić information content (AvgIpc) is 2.30. The van der Waals surface area contributed by atoms with Gasteiger partial charge in [-0.1, -0.05) is 18.2 Å². The van der Waals surface area contributed by atoms with Gasteiger partial charge in [-0.3, -0.25) is 4.79 Å². The number of aryl methyl sites for hydroxylation is 1. The van der Waals surface area contributed by atoms with Crippen molar-refractivity contribution in [3.8, 4) is 11.1 Å². The van der Waals surface area contributed by atoms with Gasteiger partial charge in [0.15, 0.2) is 5.78 Å². The van der Waals surface area contributed by atoms with Crippen LogP contribution in [0.3, 0.4) is 0 Å². The molecule has 0 saturated heterocycles. The van der Waals surface area contributed by atoms with Crippen molar-refractivity contribution in [1.82, 2.24) is 0 Å².